The van der Waals surface area contributed by atoms with Crippen molar-refractivity contribution in [3.63, 3.8) is 0 Å². The molecule has 4 heteroatoms. The summed E-state index contributed by atoms with van der Waals surface area (Å²) in [6.45, 7) is 4.08. The highest BCUT2D eigenvalue weighted by Gasteiger charge is 2.34. The number of hydrogen-bond acceptors (Lipinski definition) is 2. The van der Waals surface area contributed by atoms with Gasteiger partial charge in [0, 0.05) is 13.1 Å². The van der Waals surface area contributed by atoms with Crippen LogP contribution in [0, 0.1) is 0 Å². The van der Waals surface area contributed by atoms with Crippen molar-refractivity contribution in [1.82, 2.24) is 10.6 Å². The Morgan fingerprint density at radius 1 is 1.26 bits per heavy atom. The van der Waals surface area contributed by atoms with Crippen LogP contribution in [0.3, 0.4) is 0 Å². The summed E-state index contributed by atoms with van der Waals surface area (Å²) in [5.41, 5.74) is 0.658. The quantitative estimate of drug-likeness (QED) is 0.558. The maximum absolute atomic E-state index is 10.1. The number of nitrogens with one attached hydrogen (secondary N) is 2. The summed E-state index contributed by atoms with van der Waals surface area (Å²) >= 11 is 0. The summed E-state index contributed by atoms with van der Waals surface area (Å²) in [5, 5.41) is 16.5. The van der Waals surface area contributed by atoms with E-state index in [9.17, 15) is 5.11 Å². The van der Waals surface area contributed by atoms with Crippen LogP contribution in [0.4, 0.5) is 0 Å². The van der Waals surface area contributed by atoms with E-state index in [-0.39, 0.29) is 0 Å². The first-order valence-electron chi connectivity index (χ1n) is 7.00. The van der Waals surface area contributed by atoms with Gasteiger partial charge in [0.05, 0.1) is 12.1 Å². The number of benzene rings is 1. The molecule has 1 saturated carbocycles. The first kappa shape index (κ1) is 13.9. The van der Waals surface area contributed by atoms with Crippen LogP contribution >= 0.6 is 0 Å². The third-order valence-electron chi connectivity index (χ3n) is 3.48. The molecule has 3 N–H and O–H groups in total. The van der Waals surface area contributed by atoms with E-state index in [1.165, 1.54) is 5.56 Å². The molecular weight excluding hydrogens is 238 g/mol. The minimum Gasteiger partial charge on any atom is -0.388 e. The van der Waals surface area contributed by atoms with E-state index in [0.717, 1.165) is 31.8 Å². The van der Waals surface area contributed by atoms with Crippen molar-refractivity contribution in [2.45, 2.75) is 38.3 Å². The molecule has 0 spiro atoms. The van der Waals surface area contributed by atoms with E-state index in [1.54, 1.807) is 0 Å². The molecule has 0 aliphatic heterocycles. The van der Waals surface area contributed by atoms with Crippen molar-refractivity contribution in [3.05, 3.63) is 35.9 Å². The third kappa shape index (κ3) is 4.24. The Morgan fingerprint density at radius 3 is 2.58 bits per heavy atom. The average Bonchev–Trinajstić information content (AvgIpc) is 2.41. The van der Waals surface area contributed by atoms with Crippen molar-refractivity contribution in [3.8, 4) is 0 Å². The van der Waals surface area contributed by atoms with Crippen LogP contribution in [0.15, 0.2) is 35.3 Å². The predicted molar refractivity (Wildman–Crippen MR) is 78.1 cm³/mol. The molecule has 0 amide bonds. The van der Waals surface area contributed by atoms with Crippen molar-refractivity contribution >= 4 is 5.96 Å². The first-order valence-corrected chi connectivity index (χ1v) is 7.00. The van der Waals surface area contributed by atoms with Gasteiger partial charge in [-0.2, -0.15) is 0 Å². The summed E-state index contributed by atoms with van der Waals surface area (Å²) in [5.74, 6) is 0.770. The predicted octanol–water partition coefficient (Wildman–Crippen LogP) is 1.66. The number of aliphatic hydroxyl groups is 1. The first-order chi connectivity index (χ1) is 9.22. The fourth-order valence-corrected chi connectivity index (χ4v) is 2.11. The molecule has 0 heterocycles. The van der Waals surface area contributed by atoms with Crippen LogP contribution in [0.1, 0.15) is 31.7 Å². The smallest absolute Gasteiger partial charge is 0.191 e. The molecule has 1 aliphatic rings. The lowest BCUT2D eigenvalue weighted by atomic mass is 9.80. The molecule has 104 valence electrons. The molecule has 0 unspecified atom stereocenters. The summed E-state index contributed by atoms with van der Waals surface area (Å²) in [6.07, 6.45) is 2.89. The van der Waals surface area contributed by atoms with E-state index in [2.05, 4.69) is 27.8 Å². The lowest BCUT2D eigenvalue weighted by molar-refractivity contribution is -0.0279. The van der Waals surface area contributed by atoms with Gasteiger partial charge in [0.15, 0.2) is 5.96 Å². The zero-order valence-electron chi connectivity index (χ0n) is 11.5. The maximum Gasteiger partial charge on any atom is 0.191 e. The Bertz CT molecular complexity index is 413. The van der Waals surface area contributed by atoms with E-state index in [4.69, 9.17) is 0 Å². The molecule has 0 saturated heterocycles. The van der Waals surface area contributed by atoms with Gasteiger partial charge in [0.1, 0.15) is 0 Å². The van der Waals surface area contributed by atoms with Gasteiger partial charge in [-0.3, -0.25) is 0 Å². The summed E-state index contributed by atoms with van der Waals surface area (Å²) < 4.78 is 0. The molecule has 0 bridgehead atoms. The number of guanidine groups is 1. The topological polar surface area (TPSA) is 56.7 Å². The molecule has 1 aliphatic carbocycles. The van der Waals surface area contributed by atoms with E-state index >= 15 is 0 Å². The Balaban J connectivity index is 1.87. The summed E-state index contributed by atoms with van der Waals surface area (Å²) in [6, 6.07) is 10.2. The van der Waals surface area contributed by atoms with Crippen LogP contribution in [0.5, 0.6) is 0 Å². The highest BCUT2D eigenvalue weighted by molar-refractivity contribution is 5.79. The number of hydrogen-bond donors (Lipinski definition) is 3. The maximum atomic E-state index is 10.1. The standard InChI is InChI=1S/C15H23N3O/c1-2-16-14(18-12-15(19)9-6-10-15)17-11-13-7-4-3-5-8-13/h3-5,7-8,19H,2,6,9-12H2,1H3,(H2,16,17,18). The van der Waals surface area contributed by atoms with E-state index in [0.29, 0.717) is 13.1 Å². The van der Waals surface area contributed by atoms with Gasteiger partial charge in [0.2, 0.25) is 0 Å². The molecule has 1 fully saturated rings. The number of aliphatic imine (C=N–C) groups is 1. The van der Waals surface area contributed by atoms with Crippen molar-refractivity contribution in [2.24, 2.45) is 4.99 Å². The lowest BCUT2D eigenvalue weighted by Gasteiger charge is -2.36. The summed E-state index contributed by atoms with van der Waals surface area (Å²) in [7, 11) is 0. The van der Waals surface area contributed by atoms with Crippen LogP contribution in [-0.4, -0.2) is 29.8 Å². The van der Waals surface area contributed by atoms with Crippen molar-refractivity contribution < 1.29 is 5.11 Å². The highest BCUT2D eigenvalue weighted by Crippen LogP contribution is 2.30. The summed E-state index contributed by atoms with van der Waals surface area (Å²) in [4.78, 5) is 4.53. The Hall–Kier alpha value is -1.55. The number of rotatable bonds is 5. The second kappa shape index (κ2) is 6.57. The zero-order valence-corrected chi connectivity index (χ0v) is 11.5. The molecule has 0 radical (unpaired) electrons. The lowest BCUT2D eigenvalue weighted by Crippen LogP contribution is -2.50. The molecule has 19 heavy (non-hydrogen) atoms. The molecular formula is C15H23N3O. The minimum atomic E-state index is -0.525. The third-order valence-corrected chi connectivity index (χ3v) is 3.48. The van der Waals surface area contributed by atoms with E-state index in [1.807, 2.05) is 25.1 Å². The van der Waals surface area contributed by atoms with Crippen LogP contribution in [0.25, 0.3) is 0 Å². The molecule has 1 aromatic carbocycles. The molecule has 2 rings (SSSR count). The van der Waals surface area contributed by atoms with Crippen molar-refractivity contribution in [1.29, 1.82) is 0 Å². The van der Waals surface area contributed by atoms with Crippen molar-refractivity contribution in [2.75, 3.05) is 13.1 Å². The fourth-order valence-electron chi connectivity index (χ4n) is 2.11. The second-order valence-electron chi connectivity index (χ2n) is 5.11. The van der Waals surface area contributed by atoms with Gasteiger partial charge in [-0.05, 0) is 31.7 Å². The highest BCUT2D eigenvalue weighted by atomic mass is 16.3. The van der Waals surface area contributed by atoms with Crippen LogP contribution < -0.4 is 10.6 Å². The van der Waals surface area contributed by atoms with Gasteiger partial charge in [-0.15, -0.1) is 0 Å². The molecule has 1 aromatic rings. The van der Waals surface area contributed by atoms with E-state index < -0.39 is 5.60 Å². The molecule has 0 atom stereocenters. The van der Waals surface area contributed by atoms with Gasteiger partial charge >= 0.3 is 0 Å². The normalized spacial score (nSPS) is 17.7. The SMILES string of the molecule is CCNC(=NCc1ccccc1)NCC1(O)CCC1. The fraction of sp³-hybridized carbons (Fsp3) is 0.533. The van der Waals surface area contributed by atoms with Gasteiger partial charge in [0.25, 0.3) is 0 Å². The second-order valence-corrected chi connectivity index (χ2v) is 5.11. The zero-order chi connectivity index (χ0) is 13.6. The van der Waals surface area contributed by atoms with Crippen LogP contribution in [0.2, 0.25) is 0 Å². The Kier molecular flexibility index (Phi) is 4.80. The number of nitrogens with zero attached hydrogens (tertiary/aromatic N) is 1. The Labute approximate surface area is 114 Å². The van der Waals surface area contributed by atoms with Gasteiger partial charge in [-0.1, -0.05) is 30.3 Å². The Morgan fingerprint density at radius 2 is 2.00 bits per heavy atom. The van der Waals surface area contributed by atoms with Gasteiger partial charge in [-0.25, -0.2) is 4.99 Å². The largest absolute Gasteiger partial charge is 0.388 e. The average molecular weight is 261 g/mol. The minimum absolute atomic E-state index is 0.525. The molecule has 4 nitrogen and oxygen atoms in total. The monoisotopic (exact) mass is 261 g/mol. The molecule has 0 aromatic heterocycles. The van der Waals surface area contributed by atoms with Crippen LogP contribution in [-0.2, 0) is 6.54 Å². The van der Waals surface area contributed by atoms with Gasteiger partial charge < -0.3 is 15.7 Å².